The van der Waals surface area contributed by atoms with Gasteiger partial charge in [0.2, 0.25) is 0 Å². The number of rotatable bonds is 10. The van der Waals surface area contributed by atoms with Gasteiger partial charge in [-0.2, -0.15) is 0 Å². The molecule has 1 rings (SSSR count). The fraction of sp³-hybridized carbons (Fsp3) is 0.500. The minimum absolute atomic E-state index is 0. The number of unbranched alkanes of at least 4 members (excludes halogenated alkanes) is 2. The molecule has 20 heavy (non-hydrogen) atoms. The highest BCUT2D eigenvalue weighted by molar-refractivity contribution is 5.85. The lowest BCUT2D eigenvalue weighted by atomic mass is 10.2. The summed E-state index contributed by atoms with van der Waals surface area (Å²) < 4.78 is 5.05. The molecule has 0 spiro atoms. The van der Waals surface area contributed by atoms with Crippen LogP contribution in [0.2, 0.25) is 0 Å². The van der Waals surface area contributed by atoms with Gasteiger partial charge in [0.15, 0.2) is 6.61 Å². The van der Waals surface area contributed by atoms with Crippen molar-refractivity contribution in [1.29, 1.82) is 0 Å². The van der Waals surface area contributed by atoms with E-state index in [0.29, 0.717) is 5.75 Å². The highest BCUT2D eigenvalue weighted by Gasteiger charge is 1.99. The number of aliphatic carboxylic acids is 1. The SMILES string of the molecule is Cl.O=C(O)COc1ccc(CNCCCCCO)cc1. The second-order valence-electron chi connectivity index (χ2n) is 4.29. The summed E-state index contributed by atoms with van der Waals surface area (Å²) in [7, 11) is 0. The number of ether oxygens (including phenoxy) is 1. The van der Waals surface area contributed by atoms with Gasteiger partial charge in [0.05, 0.1) is 0 Å². The third-order valence-electron chi connectivity index (χ3n) is 2.63. The first-order valence-electron chi connectivity index (χ1n) is 6.47. The number of carbonyl (C=O) groups is 1. The zero-order chi connectivity index (χ0) is 13.9. The molecule has 0 saturated heterocycles. The number of hydrogen-bond acceptors (Lipinski definition) is 4. The third-order valence-corrected chi connectivity index (χ3v) is 2.63. The van der Waals surface area contributed by atoms with E-state index >= 15 is 0 Å². The molecule has 1 aromatic rings. The van der Waals surface area contributed by atoms with Crippen LogP contribution in [0.3, 0.4) is 0 Å². The van der Waals surface area contributed by atoms with Gasteiger partial charge in [0, 0.05) is 13.2 Å². The lowest BCUT2D eigenvalue weighted by molar-refractivity contribution is -0.139. The van der Waals surface area contributed by atoms with Crippen LogP contribution in [-0.4, -0.2) is 35.9 Å². The van der Waals surface area contributed by atoms with Gasteiger partial charge in [-0.25, -0.2) is 4.79 Å². The Bertz CT molecular complexity index is 370. The number of aliphatic hydroxyl groups excluding tert-OH is 1. The number of nitrogens with one attached hydrogen (secondary N) is 1. The molecule has 0 heterocycles. The quantitative estimate of drug-likeness (QED) is 0.575. The number of benzene rings is 1. The van der Waals surface area contributed by atoms with E-state index in [4.69, 9.17) is 14.9 Å². The molecule has 1 aromatic carbocycles. The molecule has 0 unspecified atom stereocenters. The summed E-state index contributed by atoms with van der Waals surface area (Å²) in [4.78, 5) is 10.3. The number of carboxylic acid groups (broad SMARTS) is 1. The fourth-order valence-corrected chi connectivity index (χ4v) is 1.62. The molecule has 114 valence electrons. The van der Waals surface area contributed by atoms with Gasteiger partial charge in [0.25, 0.3) is 0 Å². The summed E-state index contributed by atoms with van der Waals surface area (Å²) in [6.45, 7) is 1.65. The summed E-state index contributed by atoms with van der Waals surface area (Å²) in [5.74, 6) is -0.414. The number of halogens is 1. The molecule has 3 N–H and O–H groups in total. The minimum Gasteiger partial charge on any atom is -0.482 e. The van der Waals surface area contributed by atoms with E-state index in [9.17, 15) is 4.79 Å². The zero-order valence-corrected chi connectivity index (χ0v) is 12.2. The van der Waals surface area contributed by atoms with Crippen LogP contribution in [-0.2, 0) is 11.3 Å². The fourth-order valence-electron chi connectivity index (χ4n) is 1.62. The first kappa shape index (κ1) is 18.7. The van der Waals surface area contributed by atoms with E-state index in [1.807, 2.05) is 12.1 Å². The standard InChI is InChI=1S/C14H21NO4.ClH/c16-9-3-1-2-8-15-10-12-4-6-13(7-5-12)19-11-14(17)18;/h4-7,15-16H,1-3,8-11H2,(H,17,18);1H. The zero-order valence-electron chi connectivity index (χ0n) is 11.4. The van der Waals surface area contributed by atoms with E-state index < -0.39 is 5.97 Å². The first-order chi connectivity index (χ1) is 9.22. The molecule has 0 saturated carbocycles. The largest absolute Gasteiger partial charge is 0.482 e. The van der Waals surface area contributed by atoms with E-state index in [1.54, 1.807) is 12.1 Å². The van der Waals surface area contributed by atoms with Crippen LogP contribution in [0.5, 0.6) is 5.75 Å². The molecule has 0 fully saturated rings. The van der Waals surface area contributed by atoms with Crippen molar-refractivity contribution in [2.24, 2.45) is 0 Å². The molecule has 0 radical (unpaired) electrons. The summed E-state index contributed by atoms with van der Waals surface area (Å²) in [6, 6.07) is 7.37. The molecular formula is C14H22ClNO4. The summed E-state index contributed by atoms with van der Waals surface area (Å²) >= 11 is 0. The van der Waals surface area contributed by atoms with Crippen molar-refractivity contribution in [3.05, 3.63) is 29.8 Å². The molecular weight excluding hydrogens is 282 g/mol. The average Bonchev–Trinajstić information content (AvgIpc) is 2.41. The van der Waals surface area contributed by atoms with Crippen molar-refractivity contribution in [3.8, 4) is 5.75 Å². The molecule has 0 aliphatic rings. The Morgan fingerprint density at radius 1 is 1.15 bits per heavy atom. The summed E-state index contributed by atoms with van der Waals surface area (Å²) in [6.07, 6.45) is 2.95. The van der Waals surface area contributed by atoms with Gasteiger partial charge in [-0.1, -0.05) is 12.1 Å². The van der Waals surface area contributed by atoms with Crippen LogP contribution in [0, 0.1) is 0 Å². The van der Waals surface area contributed by atoms with Crippen molar-refractivity contribution < 1.29 is 19.7 Å². The van der Waals surface area contributed by atoms with Gasteiger partial charge in [0.1, 0.15) is 5.75 Å². The average molecular weight is 304 g/mol. The highest BCUT2D eigenvalue weighted by atomic mass is 35.5. The van der Waals surface area contributed by atoms with Crippen LogP contribution in [0.25, 0.3) is 0 Å². The second-order valence-corrected chi connectivity index (χ2v) is 4.29. The van der Waals surface area contributed by atoms with Crippen LogP contribution >= 0.6 is 12.4 Å². The Balaban J connectivity index is 0.00000361. The monoisotopic (exact) mass is 303 g/mol. The van der Waals surface area contributed by atoms with Crippen LogP contribution in [0.4, 0.5) is 0 Å². The first-order valence-corrected chi connectivity index (χ1v) is 6.47. The lowest BCUT2D eigenvalue weighted by Gasteiger charge is -2.06. The van der Waals surface area contributed by atoms with Crippen LogP contribution in [0.15, 0.2) is 24.3 Å². The predicted molar refractivity (Wildman–Crippen MR) is 79.5 cm³/mol. The van der Waals surface area contributed by atoms with Crippen molar-refractivity contribution in [2.75, 3.05) is 19.8 Å². The summed E-state index contributed by atoms with van der Waals surface area (Å²) in [5, 5.41) is 20.4. The molecule has 0 aromatic heterocycles. The third kappa shape index (κ3) is 8.74. The van der Waals surface area contributed by atoms with Gasteiger partial charge in [-0.05, 0) is 43.5 Å². The molecule has 6 heteroatoms. The van der Waals surface area contributed by atoms with Gasteiger partial charge in [-0.3, -0.25) is 0 Å². The van der Waals surface area contributed by atoms with Crippen LogP contribution in [0.1, 0.15) is 24.8 Å². The molecule has 0 amide bonds. The van der Waals surface area contributed by atoms with E-state index in [-0.39, 0.29) is 25.6 Å². The molecule has 0 aliphatic carbocycles. The van der Waals surface area contributed by atoms with Gasteiger partial charge < -0.3 is 20.3 Å². The van der Waals surface area contributed by atoms with Crippen molar-refractivity contribution in [2.45, 2.75) is 25.8 Å². The Hall–Kier alpha value is -1.30. The van der Waals surface area contributed by atoms with E-state index in [0.717, 1.165) is 37.9 Å². The van der Waals surface area contributed by atoms with E-state index in [1.165, 1.54) is 0 Å². The Morgan fingerprint density at radius 3 is 2.45 bits per heavy atom. The lowest BCUT2D eigenvalue weighted by Crippen LogP contribution is -2.14. The van der Waals surface area contributed by atoms with E-state index in [2.05, 4.69) is 5.32 Å². The van der Waals surface area contributed by atoms with Gasteiger partial charge in [-0.15, -0.1) is 12.4 Å². The Morgan fingerprint density at radius 2 is 1.85 bits per heavy atom. The number of hydrogen-bond donors (Lipinski definition) is 3. The predicted octanol–water partition coefficient (Wildman–Crippen LogP) is 1.82. The Kier molecular flexibility index (Phi) is 10.8. The Labute approximate surface area is 125 Å². The van der Waals surface area contributed by atoms with Crippen molar-refractivity contribution >= 4 is 18.4 Å². The van der Waals surface area contributed by atoms with Crippen molar-refractivity contribution in [3.63, 3.8) is 0 Å². The molecule has 0 aliphatic heterocycles. The maximum atomic E-state index is 10.3. The topological polar surface area (TPSA) is 78.8 Å². The minimum atomic E-state index is -0.978. The van der Waals surface area contributed by atoms with Crippen LogP contribution < -0.4 is 10.1 Å². The molecule has 5 nitrogen and oxygen atoms in total. The maximum Gasteiger partial charge on any atom is 0.341 e. The summed E-state index contributed by atoms with van der Waals surface area (Å²) in [5.41, 5.74) is 1.13. The number of carboxylic acids is 1. The maximum absolute atomic E-state index is 10.3. The second kappa shape index (κ2) is 11.5. The molecule has 0 atom stereocenters. The number of aliphatic hydroxyl groups is 1. The highest BCUT2D eigenvalue weighted by Crippen LogP contribution is 2.11. The van der Waals surface area contributed by atoms with Crippen molar-refractivity contribution in [1.82, 2.24) is 5.32 Å². The smallest absolute Gasteiger partial charge is 0.341 e. The molecule has 0 bridgehead atoms. The van der Waals surface area contributed by atoms with Gasteiger partial charge >= 0.3 is 5.97 Å². The normalized spacial score (nSPS) is 9.85.